The van der Waals surface area contributed by atoms with Gasteiger partial charge in [-0.1, -0.05) is 48.5 Å². The first-order chi connectivity index (χ1) is 10.8. The maximum absolute atomic E-state index is 12.2. The summed E-state index contributed by atoms with van der Waals surface area (Å²) in [5.41, 5.74) is 1.15. The summed E-state index contributed by atoms with van der Waals surface area (Å²) < 4.78 is 0. The topological polar surface area (TPSA) is 42.3 Å². The summed E-state index contributed by atoms with van der Waals surface area (Å²) in [6.45, 7) is 0. The van der Waals surface area contributed by atoms with Gasteiger partial charge in [-0.2, -0.15) is 0 Å². The van der Waals surface area contributed by atoms with Crippen LogP contribution in [0.2, 0.25) is 0 Å². The third-order valence-corrected chi connectivity index (χ3v) is 4.03. The number of hydrogen-bond donors (Lipinski definition) is 0. The molecule has 1 aromatic heterocycles. The second-order valence-electron chi connectivity index (χ2n) is 5.54. The van der Waals surface area contributed by atoms with Crippen LogP contribution in [0.1, 0.15) is 5.56 Å². The number of rotatable bonds is 2. The first-order valence-electron chi connectivity index (χ1n) is 7.32. The standard InChI is InChI=1S/C19H14N2O/c22-19-16(11-17-12-20-8-7-18(17)21-19)10-13-5-6-14-3-1-2-4-15(14)9-13/h1-9,11-12,16H,10H2. The summed E-state index contributed by atoms with van der Waals surface area (Å²) in [7, 11) is 0. The van der Waals surface area contributed by atoms with Gasteiger partial charge in [-0.25, -0.2) is 4.99 Å². The monoisotopic (exact) mass is 286 g/mol. The number of aromatic nitrogens is 1. The van der Waals surface area contributed by atoms with E-state index in [1.807, 2.05) is 18.2 Å². The van der Waals surface area contributed by atoms with Gasteiger partial charge in [0, 0.05) is 17.6 Å². The van der Waals surface area contributed by atoms with E-state index in [-0.39, 0.29) is 11.8 Å². The Bertz CT molecular complexity index is 991. The van der Waals surface area contributed by atoms with Crippen LogP contribution in [0.25, 0.3) is 16.8 Å². The second kappa shape index (κ2) is 5.19. The fourth-order valence-electron chi connectivity index (χ4n) is 2.89. The highest BCUT2D eigenvalue weighted by molar-refractivity contribution is 5.87. The van der Waals surface area contributed by atoms with Gasteiger partial charge in [0.1, 0.15) is 0 Å². The van der Waals surface area contributed by atoms with Gasteiger partial charge < -0.3 is 0 Å². The van der Waals surface area contributed by atoms with Gasteiger partial charge in [0.05, 0.1) is 11.3 Å². The van der Waals surface area contributed by atoms with E-state index in [2.05, 4.69) is 40.3 Å². The third-order valence-electron chi connectivity index (χ3n) is 4.03. The maximum Gasteiger partial charge on any atom is 0.253 e. The summed E-state index contributed by atoms with van der Waals surface area (Å²) >= 11 is 0. The van der Waals surface area contributed by atoms with Crippen molar-refractivity contribution >= 4 is 22.8 Å². The molecule has 0 fully saturated rings. The quantitative estimate of drug-likeness (QED) is 0.723. The van der Waals surface area contributed by atoms with Gasteiger partial charge in [0.15, 0.2) is 0 Å². The zero-order valence-corrected chi connectivity index (χ0v) is 11.9. The number of carbonyl (C=O) groups is 1. The molecule has 3 nitrogen and oxygen atoms in total. The van der Waals surface area contributed by atoms with Crippen molar-refractivity contribution in [3.05, 3.63) is 77.1 Å². The van der Waals surface area contributed by atoms with Crippen LogP contribution in [0, 0.1) is 5.92 Å². The molecule has 3 heteroatoms. The largest absolute Gasteiger partial charge is 0.272 e. The molecule has 0 aliphatic carbocycles. The number of carbonyl (C=O) groups excluding carboxylic acids is 1. The number of fused-ring (bicyclic) bond motifs is 2. The van der Waals surface area contributed by atoms with Gasteiger partial charge in [0.25, 0.3) is 5.91 Å². The molecule has 0 saturated carbocycles. The number of nitrogens with zero attached hydrogens (tertiary/aromatic N) is 2. The fourth-order valence-corrected chi connectivity index (χ4v) is 2.89. The number of benzene rings is 2. The summed E-state index contributed by atoms with van der Waals surface area (Å²) in [6, 6.07) is 16.4. The highest BCUT2D eigenvalue weighted by Gasteiger charge is 2.18. The van der Waals surface area contributed by atoms with Gasteiger partial charge in [-0.15, -0.1) is 0 Å². The molecule has 1 atom stereocenters. The van der Waals surface area contributed by atoms with Crippen LogP contribution >= 0.6 is 0 Å². The normalized spacial score (nSPS) is 16.7. The van der Waals surface area contributed by atoms with E-state index in [9.17, 15) is 4.79 Å². The molecule has 2 heterocycles. The molecular formula is C19H14N2O. The Morgan fingerprint density at radius 1 is 1.00 bits per heavy atom. The van der Waals surface area contributed by atoms with Crippen molar-refractivity contribution in [3.8, 4) is 0 Å². The predicted molar refractivity (Wildman–Crippen MR) is 85.6 cm³/mol. The van der Waals surface area contributed by atoms with E-state index in [1.54, 1.807) is 18.5 Å². The molecular weight excluding hydrogens is 272 g/mol. The van der Waals surface area contributed by atoms with Gasteiger partial charge >= 0.3 is 0 Å². The van der Waals surface area contributed by atoms with Crippen LogP contribution < -0.4 is 10.6 Å². The van der Waals surface area contributed by atoms with Crippen molar-refractivity contribution < 1.29 is 4.79 Å². The van der Waals surface area contributed by atoms with Crippen molar-refractivity contribution in [2.75, 3.05) is 0 Å². The Balaban J connectivity index is 1.70. The lowest BCUT2D eigenvalue weighted by atomic mass is 9.94. The van der Waals surface area contributed by atoms with Crippen LogP contribution in [0.15, 0.2) is 65.9 Å². The molecule has 3 aromatic rings. The van der Waals surface area contributed by atoms with Crippen LogP contribution in [0.4, 0.5) is 0 Å². The zero-order chi connectivity index (χ0) is 14.9. The Labute approximate surface area is 127 Å². The van der Waals surface area contributed by atoms with Crippen molar-refractivity contribution in [2.45, 2.75) is 6.42 Å². The van der Waals surface area contributed by atoms with Gasteiger partial charge in [-0.3, -0.25) is 9.78 Å². The average Bonchev–Trinajstić information content (AvgIpc) is 2.55. The maximum atomic E-state index is 12.2. The number of amides is 1. The smallest absolute Gasteiger partial charge is 0.253 e. The van der Waals surface area contributed by atoms with Crippen LogP contribution in [0.3, 0.4) is 0 Å². The molecule has 1 aliphatic heterocycles. The van der Waals surface area contributed by atoms with E-state index in [0.29, 0.717) is 6.42 Å². The second-order valence-corrected chi connectivity index (χ2v) is 5.54. The molecule has 0 saturated heterocycles. The first-order valence-corrected chi connectivity index (χ1v) is 7.32. The van der Waals surface area contributed by atoms with Gasteiger partial charge in [0.2, 0.25) is 0 Å². The molecule has 1 aliphatic rings. The number of pyridine rings is 1. The Kier molecular flexibility index (Phi) is 3.04. The molecule has 2 aromatic carbocycles. The fraction of sp³-hybridized carbons (Fsp3) is 0.105. The molecule has 0 spiro atoms. The highest BCUT2D eigenvalue weighted by atomic mass is 16.1. The predicted octanol–water partition coefficient (Wildman–Crippen LogP) is 2.03. The minimum absolute atomic E-state index is 0.0770. The van der Waals surface area contributed by atoms with Crippen LogP contribution in [-0.4, -0.2) is 10.9 Å². The van der Waals surface area contributed by atoms with Crippen molar-refractivity contribution in [3.63, 3.8) is 0 Å². The lowest BCUT2D eigenvalue weighted by Crippen LogP contribution is -2.34. The van der Waals surface area contributed by atoms with Gasteiger partial charge in [-0.05, 0) is 28.8 Å². The van der Waals surface area contributed by atoms with E-state index in [0.717, 1.165) is 16.1 Å². The summed E-state index contributed by atoms with van der Waals surface area (Å²) in [5, 5.41) is 4.06. The van der Waals surface area contributed by atoms with Crippen molar-refractivity contribution in [1.82, 2.24) is 4.98 Å². The van der Waals surface area contributed by atoms with Crippen LogP contribution in [0.5, 0.6) is 0 Å². The molecule has 0 bridgehead atoms. The molecule has 0 N–H and O–H groups in total. The van der Waals surface area contributed by atoms with E-state index in [4.69, 9.17) is 0 Å². The summed E-state index contributed by atoms with van der Waals surface area (Å²) in [5.74, 6) is -0.287. The molecule has 0 radical (unpaired) electrons. The zero-order valence-electron chi connectivity index (χ0n) is 11.9. The minimum atomic E-state index is -0.210. The summed E-state index contributed by atoms with van der Waals surface area (Å²) in [6.07, 6.45) is 6.07. The lowest BCUT2D eigenvalue weighted by molar-refractivity contribution is -0.120. The molecule has 1 amide bonds. The molecule has 106 valence electrons. The summed E-state index contributed by atoms with van der Waals surface area (Å²) in [4.78, 5) is 20.5. The minimum Gasteiger partial charge on any atom is -0.272 e. The Morgan fingerprint density at radius 3 is 2.77 bits per heavy atom. The molecule has 22 heavy (non-hydrogen) atoms. The number of hydrogen-bond acceptors (Lipinski definition) is 2. The highest BCUT2D eigenvalue weighted by Crippen LogP contribution is 2.19. The molecule has 4 rings (SSSR count). The average molecular weight is 286 g/mol. The third kappa shape index (κ3) is 2.31. The van der Waals surface area contributed by atoms with Crippen molar-refractivity contribution in [1.29, 1.82) is 0 Å². The lowest BCUT2D eigenvalue weighted by Gasteiger charge is -2.12. The molecule has 1 unspecified atom stereocenters. The van der Waals surface area contributed by atoms with Crippen molar-refractivity contribution in [2.24, 2.45) is 10.9 Å². The van der Waals surface area contributed by atoms with Crippen LogP contribution in [-0.2, 0) is 11.2 Å². The SMILES string of the molecule is O=C1N=c2ccncc2=CC1Cc1ccc2ccccc2c1. The Hall–Kier alpha value is -2.81. The van der Waals surface area contributed by atoms with E-state index in [1.165, 1.54) is 10.8 Å². The first kappa shape index (κ1) is 12.9. The van der Waals surface area contributed by atoms with E-state index >= 15 is 0 Å². The van der Waals surface area contributed by atoms with E-state index < -0.39 is 0 Å². The Morgan fingerprint density at radius 2 is 1.86 bits per heavy atom.